The van der Waals surface area contributed by atoms with Crippen molar-refractivity contribution < 1.29 is 28.7 Å². The number of fused-ring (bicyclic) bond motifs is 1. The molecular formula is C21H14FN3O5. The number of amides is 4. The van der Waals surface area contributed by atoms with Crippen molar-refractivity contribution >= 4 is 46.5 Å². The first kappa shape index (κ1) is 19.1. The predicted octanol–water partition coefficient (Wildman–Crippen LogP) is 2.53. The van der Waals surface area contributed by atoms with Crippen LogP contribution in [-0.2, 0) is 20.9 Å². The first-order valence-electron chi connectivity index (χ1n) is 8.82. The van der Waals surface area contributed by atoms with Crippen molar-refractivity contribution in [2.45, 2.75) is 6.54 Å². The molecule has 9 heteroatoms. The van der Waals surface area contributed by atoms with Crippen LogP contribution in [0.3, 0.4) is 0 Å². The van der Waals surface area contributed by atoms with Gasteiger partial charge in [-0.1, -0.05) is 30.3 Å². The Kier molecular flexibility index (Phi) is 4.63. The van der Waals surface area contributed by atoms with Gasteiger partial charge in [-0.15, -0.1) is 0 Å². The molecule has 1 fully saturated rings. The van der Waals surface area contributed by atoms with Gasteiger partial charge in [-0.3, -0.25) is 19.7 Å². The van der Waals surface area contributed by atoms with E-state index >= 15 is 0 Å². The lowest BCUT2D eigenvalue weighted by Crippen LogP contribution is -2.54. The summed E-state index contributed by atoms with van der Waals surface area (Å²) in [5, 5.41) is 11.8. The van der Waals surface area contributed by atoms with E-state index in [-0.39, 0.29) is 17.8 Å². The Balaban J connectivity index is 1.82. The molecule has 1 aliphatic heterocycles. The third-order valence-electron chi connectivity index (χ3n) is 4.62. The molecule has 0 aliphatic carbocycles. The number of aromatic nitrogens is 1. The number of barbiturate groups is 1. The maximum atomic E-state index is 14.2. The van der Waals surface area contributed by atoms with Gasteiger partial charge in [-0.25, -0.2) is 14.1 Å². The van der Waals surface area contributed by atoms with E-state index in [2.05, 4.69) is 0 Å². The summed E-state index contributed by atoms with van der Waals surface area (Å²) in [6.45, 7) is -0.316. The molecule has 150 valence electrons. The number of para-hydroxylation sites is 2. The average Bonchev–Trinajstić information content (AvgIpc) is 3.03. The van der Waals surface area contributed by atoms with Crippen molar-refractivity contribution in [1.82, 2.24) is 9.88 Å². The fraction of sp³-hybridized carbons (Fsp3) is 0.0476. The number of carboxylic acids is 1. The van der Waals surface area contributed by atoms with Gasteiger partial charge in [-0.2, -0.15) is 0 Å². The maximum Gasteiger partial charge on any atom is 0.336 e. The lowest BCUT2D eigenvalue weighted by molar-refractivity contribution is -0.137. The molecule has 1 aromatic heterocycles. The molecule has 0 spiro atoms. The summed E-state index contributed by atoms with van der Waals surface area (Å²) >= 11 is 0. The summed E-state index contributed by atoms with van der Waals surface area (Å²) < 4.78 is 15.6. The summed E-state index contributed by atoms with van der Waals surface area (Å²) in [6, 6.07) is 11.0. The van der Waals surface area contributed by atoms with Crippen molar-refractivity contribution in [3.63, 3.8) is 0 Å². The highest BCUT2D eigenvalue weighted by Crippen LogP contribution is 2.27. The molecule has 0 bridgehead atoms. The first-order valence-corrected chi connectivity index (χ1v) is 8.82. The predicted molar refractivity (Wildman–Crippen MR) is 105 cm³/mol. The van der Waals surface area contributed by atoms with Crippen LogP contribution in [0.25, 0.3) is 17.0 Å². The molecule has 1 aliphatic rings. The summed E-state index contributed by atoms with van der Waals surface area (Å²) in [5.74, 6) is -3.76. The number of carbonyl (C=O) groups is 4. The van der Waals surface area contributed by atoms with Crippen molar-refractivity contribution in [2.24, 2.45) is 0 Å². The molecule has 4 rings (SSSR count). The molecule has 0 unspecified atom stereocenters. The van der Waals surface area contributed by atoms with Gasteiger partial charge in [0, 0.05) is 22.7 Å². The van der Waals surface area contributed by atoms with Gasteiger partial charge < -0.3 is 9.67 Å². The topological polar surface area (TPSA) is 109 Å². The van der Waals surface area contributed by atoms with Crippen molar-refractivity contribution in [1.29, 1.82) is 0 Å². The van der Waals surface area contributed by atoms with Gasteiger partial charge in [0.05, 0.1) is 5.69 Å². The normalized spacial score (nSPS) is 15.7. The van der Waals surface area contributed by atoms with Crippen molar-refractivity contribution in [3.05, 3.63) is 71.7 Å². The van der Waals surface area contributed by atoms with E-state index in [9.17, 15) is 23.6 Å². The molecule has 3 aromatic rings. The first-order chi connectivity index (χ1) is 14.4. The van der Waals surface area contributed by atoms with E-state index in [0.717, 1.165) is 6.07 Å². The summed E-state index contributed by atoms with van der Waals surface area (Å²) in [7, 11) is 0. The summed E-state index contributed by atoms with van der Waals surface area (Å²) in [5.41, 5.74) is 0.341. The van der Waals surface area contributed by atoms with Gasteiger partial charge in [0.1, 0.15) is 17.9 Å². The van der Waals surface area contributed by atoms with Crippen LogP contribution < -0.4 is 10.2 Å². The van der Waals surface area contributed by atoms with Crippen LogP contribution in [0.15, 0.2) is 60.3 Å². The minimum absolute atomic E-state index is 0.285. The molecule has 2 N–H and O–H groups in total. The van der Waals surface area contributed by atoms with Gasteiger partial charge in [0.25, 0.3) is 11.8 Å². The van der Waals surface area contributed by atoms with Crippen molar-refractivity contribution in [3.8, 4) is 0 Å². The fourth-order valence-electron chi connectivity index (χ4n) is 3.33. The number of benzene rings is 2. The Morgan fingerprint density at radius 2 is 1.77 bits per heavy atom. The Morgan fingerprint density at radius 3 is 2.50 bits per heavy atom. The number of carbonyl (C=O) groups excluding carboxylic acids is 3. The molecule has 0 radical (unpaired) electrons. The lowest BCUT2D eigenvalue weighted by atomic mass is 10.1. The quantitative estimate of drug-likeness (QED) is 0.510. The Hall–Kier alpha value is -4.27. The number of carboxylic acid groups (broad SMARTS) is 1. The minimum Gasteiger partial charge on any atom is -0.480 e. The van der Waals surface area contributed by atoms with E-state index in [1.807, 2.05) is 5.32 Å². The van der Waals surface area contributed by atoms with Crippen LogP contribution in [0.1, 0.15) is 5.56 Å². The van der Waals surface area contributed by atoms with Crippen LogP contribution in [0.5, 0.6) is 0 Å². The number of hydrogen-bond donors (Lipinski definition) is 2. The van der Waals surface area contributed by atoms with Gasteiger partial charge in [0.15, 0.2) is 0 Å². The molecule has 30 heavy (non-hydrogen) atoms. The second-order valence-electron chi connectivity index (χ2n) is 6.53. The molecule has 2 heterocycles. The third-order valence-corrected chi connectivity index (χ3v) is 4.62. The molecule has 2 aromatic carbocycles. The molecule has 1 saturated heterocycles. The number of halogens is 1. The second-order valence-corrected chi connectivity index (χ2v) is 6.53. The number of anilines is 1. The largest absolute Gasteiger partial charge is 0.480 e. The number of nitrogens with one attached hydrogen (secondary N) is 1. The molecule has 8 nitrogen and oxygen atoms in total. The minimum atomic E-state index is -1.06. The maximum absolute atomic E-state index is 14.2. The fourth-order valence-corrected chi connectivity index (χ4v) is 3.33. The van der Waals surface area contributed by atoms with E-state index < -0.39 is 29.6 Å². The average molecular weight is 407 g/mol. The number of urea groups is 1. The van der Waals surface area contributed by atoms with Crippen molar-refractivity contribution in [2.75, 3.05) is 4.90 Å². The van der Waals surface area contributed by atoms with Crippen LogP contribution in [0, 0.1) is 5.82 Å². The Morgan fingerprint density at radius 1 is 1.07 bits per heavy atom. The molecular weight excluding hydrogens is 393 g/mol. The third kappa shape index (κ3) is 3.22. The number of aliphatic carboxylic acids is 1. The summed E-state index contributed by atoms with van der Waals surface area (Å²) in [4.78, 5) is 49.2. The second kappa shape index (κ2) is 7.28. The smallest absolute Gasteiger partial charge is 0.336 e. The zero-order valence-corrected chi connectivity index (χ0v) is 15.3. The zero-order valence-electron chi connectivity index (χ0n) is 15.3. The number of hydrogen-bond acceptors (Lipinski definition) is 4. The lowest BCUT2D eigenvalue weighted by Gasteiger charge is -2.26. The number of nitrogens with zero attached hydrogens (tertiary/aromatic N) is 2. The molecule has 4 amide bonds. The molecule has 0 saturated carbocycles. The monoisotopic (exact) mass is 407 g/mol. The van der Waals surface area contributed by atoms with Gasteiger partial charge >= 0.3 is 12.0 Å². The number of imide groups is 2. The van der Waals surface area contributed by atoms with E-state index in [0.29, 0.717) is 21.4 Å². The van der Waals surface area contributed by atoms with Gasteiger partial charge in [0.2, 0.25) is 0 Å². The van der Waals surface area contributed by atoms with Crippen LogP contribution in [0.4, 0.5) is 14.9 Å². The Labute approximate surface area is 168 Å². The highest BCUT2D eigenvalue weighted by atomic mass is 19.1. The van der Waals surface area contributed by atoms with E-state index in [1.165, 1.54) is 35.0 Å². The van der Waals surface area contributed by atoms with Crippen LogP contribution >= 0.6 is 0 Å². The Bertz CT molecular complexity index is 1260. The number of rotatable bonds is 4. The van der Waals surface area contributed by atoms with Crippen LogP contribution in [-0.4, -0.2) is 33.5 Å². The SMILES string of the molecule is O=C(O)Cn1cc(/C=C2/C(=O)NC(=O)N(c3ccccc3F)C2=O)c2ccccc21. The standard InChI is InChI=1S/C21H14FN3O5/c22-15-6-2-4-8-17(15)25-20(29)14(19(28)23-21(25)30)9-12-10-24(11-18(26)27)16-7-3-1-5-13(12)16/h1-10H,11H2,(H,26,27)(H,23,28,30)/b14-9-. The van der Waals surface area contributed by atoms with E-state index in [1.54, 1.807) is 24.3 Å². The highest BCUT2D eigenvalue weighted by molar-refractivity contribution is 6.39. The highest BCUT2D eigenvalue weighted by Gasteiger charge is 2.38. The van der Waals surface area contributed by atoms with Gasteiger partial charge in [-0.05, 0) is 24.3 Å². The molecule has 0 atom stereocenters. The van der Waals surface area contributed by atoms with E-state index in [4.69, 9.17) is 5.11 Å². The van der Waals surface area contributed by atoms with Crippen LogP contribution in [0.2, 0.25) is 0 Å². The summed E-state index contributed by atoms with van der Waals surface area (Å²) in [6.07, 6.45) is 2.76. The zero-order chi connectivity index (χ0) is 21.4.